The molecular weight excluding hydrogens is 386 g/mol. The van der Waals surface area contributed by atoms with E-state index in [1.807, 2.05) is 0 Å². The van der Waals surface area contributed by atoms with Crippen LogP contribution in [0.2, 0.25) is 0 Å². The van der Waals surface area contributed by atoms with Crippen LogP contribution in [0.25, 0.3) is 10.9 Å². The molecule has 2 aliphatic heterocycles. The molecule has 0 radical (unpaired) electrons. The predicted octanol–water partition coefficient (Wildman–Crippen LogP) is 4.24. The van der Waals surface area contributed by atoms with Gasteiger partial charge in [-0.2, -0.15) is 0 Å². The van der Waals surface area contributed by atoms with E-state index < -0.39 is 0 Å². The summed E-state index contributed by atoms with van der Waals surface area (Å²) in [5.41, 5.74) is 5.93. The molecule has 166 valence electrons. The van der Waals surface area contributed by atoms with Crippen molar-refractivity contribution in [1.29, 1.82) is 0 Å². The molecule has 1 unspecified atom stereocenters. The van der Waals surface area contributed by atoms with Gasteiger partial charge in [-0.25, -0.2) is 0 Å². The lowest BCUT2D eigenvalue weighted by Crippen LogP contribution is -2.49. The van der Waals surface area contributed by atoms with Crippen molar-refractivity contribution in [2.45, 2.75) is 69.9 Å². The minimum Gasteiger partial charge on any atom is -0.379 e. The number of rotatable bonds is 3. The van der Waals surface area contributed by atoms with Gasteiger partial charge < -0.3 is 14.2 Å². The van der Waals surface area contributed by atoms with Crippen LogP contribution in [0.5, 0.6) is 0 Å². The standard InChI is InChI=1S/C26H35N3O2/c30-25(18-27-13-15-31-16-14-27)28-11-12-29-23-10-9-20(19-5-2-1-3-6-19)17-22(23)21-7-4-8-24(28)26(21)29/h9-10,17,19,24H,1-8,11-16,18H2. The quantitative estimate of drug-likeness (QED) is 0.744. The zero-order chi connectivity index (χ0) is 20.8. The second kappa shape index (κ2) is 8.25. The topological polar surface area (TPSA) is 37.7 Å². The van der Waals surface area contributed by atoms with Gasteiger partial charge in [0.25, 0.3) is 0 Å². The van der Waals surface area contributed by atoms with E-state index in [2.05, 4.69) is 32.6 Å². The number of benzene rings is 1. The number of morpholine rings is 1. The molecule has 0 N–H and O–H groups in total. The summed E-state index contributed by atoms with van der Waals surface area (Å²) in [6, 6.07) is 7.57. The zero-order valence-electron chi connectivity index (χ0n) is 18.7. The molecular formula is C26H35N3O2. The molecule has 1 aromatic heterocycles. The largest absolute Gasteiger partial charge is 0.379 e. The summed E-state index contributed by atoms with van der Waals surface area (Å²) in [5.74, 6) is 1.05. The Morgan fingerprint density at radius 1 is 0.968 bits per heavy atom. The lowest BCUT2D eigenvalue weighted by molar-refractivity contribution is -0.137. The van der Waals surface area contributed by atoms with Crippen LogP contribution in [0.4, 0.5) is 0 Å². The smallest absolute Gasteiger partial charge is 0.237 e. The lowest BCUT2D eigenvalue weighted by atomic mass is 9.83. The molecule has 1 saturated carbocycles. The van der Waals surface area contributed by atoms with Gasteiger partial charge in [-0.3, -0.25) is 9.69 Å². The maximum Gasteiger partial charge on any atom is 0.237 e. The fraction of sp³-hybridized carbons (Fsp3) is 0.654. The molecule has 2 aromatic rings. The minimum atomic E-state index is 0.261. The SMILES string of the molecule is O=C(CN1CCOCC1)N1CCn2c3c(c4cc(C5CCCCC5)ccc42)CCCC31. The van der Waals surface area contributed by atoms with E-state index in [9.17, 15) is 4.79 Å². The minimum absolute atomic E-state index is 0.261. The normalized spacial score (nSPS) is 25.0. The Morgan fingerprint density at radius 3 is 2.65 bits per heavy atom. The first-order chi connectivity index (χ1) is 15.3. The molecule has 5 nitrogen and oxygen atoms in total. The van der Waals surface area contributed by atoms with Crippen LogP contribution in [-0.4, -0.2) is 59.7 Å². The number of hydrogen-bond donors (Lipinski definition) is 0. The third kappa shape index (κ3) is 3.50. The molecule has 1 atom stereocenters. The van der Waals surface area contributed by atoms with Gasteiger partial charge in [0.15, 0.2) is 0 Å². The maximum absolute atomic E-state index is 13.3. The van der Waals surface area contributed by atoms with E-state index in [0.717, 1.165) is 58.2 Å². The zero-order valence-corrected chi connectivity index (χ0v) is 18.7. The Bertz CT molecular complexity index is 969. The van der Waals surface area contributed by atoms with E-state index in [1.165, 1.54) is 60.7 Å². The fourth-order valence-electron chi connectivity index (χ4n) is 6.65. The molecule has 5 heteroatoms. The third-order valence-electron chi connectivity index (χ3n) is 8.26. The van der Waals surface area contributed by atoms with Crippen molar-refractivity contribution < 1.29 is 9.53 Å². The summed E-state index contributed by atoms with van der Waals surface area (Å²) in [6.07, 6.45) is 10.3. The summed E-state index contributed by atoms with van der Waals surface area (Å²) >= 11 is 0. The van der Waals surface area contributed by atoms with E-state index in [-0.39, 0.29) is 6.04 Å². The van der Waals surface area contributed by atoms with Gasteiger partial charge in [0.1, 0.15) is 0 Å². The summed E-state index contributed by atoms with van der Waals surface area (Å²) in [6.45, 7) is 5.56. The first-order valence-corrected chi connectivity index (χ1v) is 12.5. The first-order valence-electron chi connectivity index (χ1n) is 12.5. The summed E-state index contributed by atoms with van der Waals surface area (Å²) < 4.78 is 8.01. The Hall–Kier alpha value is -1.85. The van der Waals surface area contributed by atoms with Crippen LogP contribution >= 0.6 is 0 Å². The number of hydrogen-bond acceptors (Lipinski definition) is 3. The van der Waals surface area contributed by atoms with Crippen LogP contribution in [0.15, 0.2) is 18.2 Å². The van der Waals surface area contributed by atoms with E-state index in [1.54, 1.807) is 5.56 Å². The highest BCUT2D eigenvalue weighted by molar-refractivity contribution is 5.88. The van der Waals surface area contributed by atoms with Crippen molar-refractivity contribution in [1.82, 2.24) is 14.4 Å². The number of aromatic nitrogens is 1. The van der Waals surface area contributed by atoms with Crippen molar-refractivity contribution in [3.8, 4) is 0 Å². The van der Waals surface area contributed by atoms with Gasteiger partial charge in [-0.15, -0.1) is 0 Å². The number of fused-ring (bicyclic) bond motifs is 3. The molecule has 3 heterocycles. The van der Waals surface area contributed by atoms with Crippen molar-refractivity contribution in [2.75, 3.05) is 39.4 Å². The van der Waals surface area contributed by atoms with Gasteiger partial charge in [0.05, 0.1) is 25.8 Å². The molecule has 6 rings (SSSR count). The Balaban J connectivity index is 1.31. The van der Waals surface area contributed by atoms with Gasteiger partial charge in [-0.05, 0) is 61.3 Å². The van der Waals surface area contributed by atoms with Gasteiger partial charge >= 0.3 is 0 Å². The number of nitrogens with zero attached hydrogens (tertiary/aromatic N) is 3. The number of amides is 1. The summed E-state index contributed by atoms with van der Waals surface area (Å²) in [5, 5.41) is 1.48. The van der Waals surface area contributed by atoms with Crippen molar-refractivity contribution in [2.24, 2.45) is 0 Å². The molecule has 0 spiro atoms. The van der Waals surface area contributed by atoms with E-state index >= 15 is 0 Å². The molecule has 1 saturated heterocycles. The molecule has 4 aliphatic rings. The van der Waals surface area contributed by atoms with Crippen LogP contribution in [0, 0.1) is 0 Å². The average Bonchev–Trinajstić information content (AvgIpc) is 3.15. The van der Waals surface area contributed by atoms with Crippen molar-refractivity contribution >= 4 is 16.8 Å². The van der Waals surface area contributed by atoms with E-state index in [0.29, 0.717) is 12.5 Å². The third-order valence-corrected chi connectivity index (χ3v) is 8.26. The van der Waals surface area contributed by atoms with Crippen LogP contribution < -0.4 is 0 Å². The van der Waals surface area contributed by atoms with Crippen LogP contribution in [0.1, 0.15) is 73.7 Å². The number of aryl methyl sites for hydroxylation is 1. The second-order valence-electron chi connectivity index (χ2n) is 10.0. The highest BCUT2D eigenvalue weighted by Crippen LogP contribution is 2.44. The van der Waals surface area contributed by atoms with Gasteiger partial charge in [0.2, 0.25) is 5.91 Å². The average molecular weight is 422 g/mol. The first kappa shape index (κ1) is 19.8. The van der Waals surface area contributed by atoms with Crippen molar-refractivity contribution in [3.63, 3.8) is 0 Å². The van der Waals surface area contributed by atoms with Crippen LogP contribution in [0.3, 0.4) is 0 Å². The Kier molecular flexibility index (Phi) is 5.27. The highest BCUT2D eigenvalue weighted by Gasteiger charge is 2.37. The monoisotopic (exact) mass is 421 g/mol. The molecule has 0 bridgehead atoms. The molecule has 1 aromatic carbocycles. The van der Waals surface area contributed by atoms with Crippen LogP contribution in [-0.2, 0) is 22.5 Å². The molecule has 2 aliphatic carbocycles. The summed E-state index contributed by atoms with van der Waals surface area (Å²) in [4.78, 5) is 17.8. The summed E-state index contributed by atoms with van der Waals surface area (Å²) in [7, 11) is 0. The lowest BCUT2D eigenvalue weighted by Gasteiger charge is -2.41. The number of carbonyl (C=O) groups excluding carboxylic acids is 1. The maximum atomic E-state index is 13.3. The fourth-order valence-corrected chi connectivity index (χ4v) is 6.65. The number of ether oxygens (including phenoxy) is 1. The Labute approximate surface area is 185 Å². The molecule has 31 heavy (non-hydrogen) atoms. The van der Waals surface area contributed by atoms with E-state index in [4.69, 9.17) is 4.74 Å². The molecule has 2 fully saturated rings. The Morgan fingerprint density at radius 2 is 1.81 bits per heavy atom. The van der Waals surface area contributed by atoms with Gasteiger partial charge in [0, 0.05) is 42.8 Å². The van der Waals surface area contributed by atoms with Crippen molar-refractivity contribution in [3.05, 3.63) is 35.0 Å². The highest BCUT2D eigenvalue weighted by atomic mass is 16.5. The van der Waals surface area contributed by atoms with Gasteiger partial charge in [-0.1, -0.05) is 25.3 Å². The molecule has 1 amide bonds. The second-order valence-corrected chi connectivity index (χ2v) is 10.0. The number of carbonyl (C=O) groups is 1. The predicted molar refractivity (Wildman–Crippen MR) is 122 cm³/mol.